The van der Waals surface area contributed by atoms with Gasteiger partial charge < -0.3 is 15.8 Å². The number of rotatable bonds is 7. The second-order valence-corrected chi connectivity index (χ2v) is 4.14. The first kappa shape index (κ1) is 15.4. The van der Waals surface area contributed by atoms with Crippen molar-refractivity contribution < 1.29 is 18.3 Å². The van der Waals surface area contributed by atoms with E-state index < -0.39 is 12.7 Å². The predicted octanol–water partition coefficient (Wildman–Crippen LogP) is 2.03. The molecule has 0 unspecified atom stereocenters. The molecule has 3 N–H and O–H groups in total. The Bertz CT molecular complexity index is 396. The molecule has 0 aliphatic carbocycles. The number of nitrogens with two attached hydrogens (primary N) is 1. The van der Waals surface area contributed by atoms with Gasteiger partial charge in [0.15, 0.2) is 0 Å². The molecule has 6 heteroatoms. The number of hydrogen-bond donors (Lipinski definition) is 2. The van der Waals surface area contributed by atoms with E-state index in [0.717, 1.165) is 12.0 Å². The quantitative estimate of drug-likeness (QED) is 0.798. The summed E-state index contributed by atoms with van der Waals surface area (Å²) in [5.41, 5.74) is 6.45. The maximum Gasteiger partial charge on any atom is 0.387 e. The lowest BCUT2D eigenvalue weighted by atomic mass is 10.1. The van der Waals surface area contributed by atoms with Crippen molar-refractivity contribution in [3.63, 3.8) is 0 Å². The first-order valence-corrected chi connectivity index (χ1v) is 6.10. The maximum absolute atomic E-state index is 11.9. The van der Waals surface area contributed by atoms with E-state index in [-0.39, 0.29) is 11.7 Å². The van der Waals surface area contributed by atoms with Gasteiger partial charge in [0.1, 0.15) is 5.75 Å². The first-order valence-electron chi connectivity index (χ1n) is 6.10. The minimum absolute atomic E-state index is 0.0905. The molecule has 0 radical (unpaired) electrons. The lowest BCUT2D eigenvalue weighted by molar-refractivity contribution is -0.122. The molecule has 0 heterocycles. The zero-order valence-electron chi connectivity index (χ0n) is 10.7. The number of amides is 1. The van der Waals surface area contributed by atoms with Gasteiger partial charge in [0.05, 0.1) is 6.04 Å². The van der Waals surface area contributed by atoms with E-state index >= 15 is 0 Å². The van der Waals surface area contributed by atoms with Crippen LogP contribution in [0.15, 0.2) is 24.3 Å². The van der Waals surface area contributed by atoms with Gasteiger partial charge in [0.2, 0.25) is 5.91 Å². The summed E-state index contributed by atoms with van der Waals surface area (Å²) in [5, 5.41) is 2.69. The lowest BCUT2D eigenvalue weighted by Crippen LogP contribution is -2.40. The van der Waals surface area contributed by atoms with Crippen LogP contribution < -0.4 is 15.8 Å². The number of carbonyl (C=O) groups is 1. The molecular weight excluding hydrogens is 254 g/mol. The van der Waals surface area contributed by atoms with Crippen LogP contribution in [-0.2, 0) is 11.3 Å². The van der Waals surface area contributed by atoms with Crippen LogP contribution in [0.4, 0.5) is 8.78 Å². The van der Waals surface area contributed by atoms with Crippen molar-refractivity contribution in [3.05, 3.63) is 29.8 Å². The van der Waals surface area contributed by atoms with E-state index in [9.17, 15) is 13.6 Å². The molecule has 0 aliphatic heterocycles. The molecule has 0 aliphatic rings. The van der Waals surface area contributed by atoms with E-state index in [2.05, 4.69) is 10.1 Å². The summed E-state index contributed by atoms with van der Waals surface area (Å²) in [6.45, 7) is -0.572. The van der Waals surface area contributed by atoms with Gasteiger partial charge in [-0.2, -0.15) is 8.78 Å². The summed E-state index contributed by atoms with van der Waals surface area (Å²) in [5.74, 6) is -0.123. The van der Waals surface area contributed by atoms with Gasteiger partial charge in [-0.05, 0) is 24.1 Å². The van der Waals surface area contributed by atoms with E-state index in [0.29, 0.717) is 13.0 Å². The number of alkyl halides is 2. The molecule has 1 rings (SSSR count). The Hall–Kier alpha value is -1.69. The van der Waals surface area contributed by atoms with Gasteiger partial charge >= 0.3 is 6.61 Å². The number of ether oxygens (including phenoxy) is 1. The SMILES string of the molecule is CCC[C@@H](N)C(=O)NCc1ccc(OC(F)F)cc1. The van der Waals surface area contributed by atoms with E-state index in [4.69, 9.17) is 5.73 Å². The first-order chi connectivity index (χ1) is 9.02. The molecule has 0 spiro atoms. The molecule has 0 fully saturated rings. The van der Waals surface area contributed by atoms with Crippen molar-refractivity contribution in [1.82, 2.24) is 5.32 Å². The zero-order valence-corrected chi connectivity index (χ0v) is 10.7. The van der Waals surface area contributed by atoms with Gasteiger partial charge in [-0.25, -0.2) is 0 Å². The van der Waals surface area contributed by atoms with E-state index in [1.165, 1.54) is 12.1 Å². The monoisotopic (exact) mass is 272 g/mol. The third kappa shape index (κ3) is 5.65. The van der Waals surface area contributed by atoms with Crippen molar-refractivity contribution in [1.29, 1.82) is 0 Å². The Morgan fingerprint density at radius 3 is 2.53 bits per heavy atom. The normalized spacial score (nSPS) is 12.3. The van der Waals surface area contributed by atoms with Gasteiger partial charge in [0.25, 0.3) is 0 Å². The molecule has 4 nitrogen and oxygen atoms in total. The molecule has 106 valence electrons. The van der Waals surface area contributed by atoms with Crippen molar-refractivity contribution in [2.45, 2.75) is 39.0 Å². The Labute approximate surface area is 110 Å². The molecule has 1 aromatic rings. The molecular formula is C13H18F2N2O2. The zero-order chi connectivity index (χ0) is 14.3. The third-order valence-corrected chi connectivity index (χ3v) is 2.55. The molecule has 1 amide bonds. The smallest absolute Gasteiger partial charge is 0.387 e. The largest absolute Gasteiger partial charge is 0.435 e. The molecule has 0 bridgehead atoms. The molecule has 0 aromatic heterocycles. The summed E-state index contributed by atoms with van der Waals surface area (Å²) in [6, 6.07) is 5.58. The minimum atomic E-state index is -2.84. The predicted molar refractivity (Wildman–Crippen MR) is 67.8 cm³/mol. The number of nitrogens with one attached hydrogen (secondary N) is 1. The van der Waals surface area contributed by atoms with Crippen LogP contribution in [-0.4, -0.2) is 18.6 Å². The van der Waals surface area contributed by atoms with Crippen LogP contribution in [0.25, 0.3) is 0 Å². The molecule has 19 heavy (non-hydrogen) atoms. The highest BCUT2D eigenvalue weighted by Gasteiger charge is 2.11. The van der Waals surface area contributed by atoms with Crippen LogP contribution in [0.1, 0.15) is 25.3 Å². The average Bonchev–Trinajstić information content (AvgIpc) is 2.37. The highest BCUT2D eigenvalue weighted by Crippen LogP contribution is 2.14. The fourth-order valence-electron chi connectivity index (χ4n) is 1.55. The highest BCUT2D eigenvalue weighted by atomic mass is 19.3. The topological polar surface area (TPSA) is 64.4 Å². The van der Waals surface area contributed by atoms with Gasteiger partial charge in [-0.1, -0.05) is 25.5 Å². The fraction of sp³-hybridized carbons (Fsp3) is 0.462. The minimum Gasteiger partial charge on any atom is -0.435 e. The van der Waals surface area contributed by atoms with Crippen molar-refractivity contribution in [3.8, 4) is 5.75 Å². The standard InChI is InChI=1S/C13H18F2N2O2/c1-2-3-11(16)12(18)17-8-9-4-6-10(7-5-9)19-13(14)15/h4-7,11,13H,2-3,8,16H2,1H3,(H,17,18)/t11-/m1/s1. The highest BCUT2D eigenvalue weighted by molar-refractivity contribution is 5.81. The van der Waals surface area contributed by atoms with E-state index in [1.807, 2.05) is 6.92 Å². The number of hydrogen-bond acceptors (Lipinski definition) is 3. The second-order valence-electron chi connectivity index (χ2n) is 4.14. The Morgan fingerprint density at radius 2 is 2.00 bits per heavy atom. The van der Waals surface area contributed by atoms with Crippen LogP contribution in [0.2, 0.25) is 0 Å². The van der Waals surface area contributed by atoms with Gasteiger partial charge in [-0.15, -0.1) is 0 Å². The second kappa shape index (κ2) is 7.68. The summed E-state index contributed by atoms with van der Waals surface area (Å²) in [4.78, 5) is 11.6. The van der Waals surface area contributed by atoms with Gasteiger partial charge in [-0.3, -0.25) is 4.79 Å². The van der Waals surface area contributed by atoms with E-state index in [1.54, 1.807) is 12.1 Å². The number of carbonyl (C=O) groups excluding carboxylic acids is 1. The molecule has 0 saturated carbocycles. The van der Waals surface area contributed by atoms with Crippen LogP contribution in [0.5, 0.6) is 5.75 Å². The van der Waals surface area contributed by atoms with Crippen molar-refractivity contribution >= 4 is 5.91 Å². The molecule has 0 saturated heterocycles. The third-order valence-electron chi connectivity index (χ3n) is 2.55. The Kier molecular flexibility index (Phi) is 6.21. The van der Waals surface area contributed by atoms with Crippen LogP contribution in [0, 0.1) is 0 Å². The number of benzene rings is 1. The lowest BCUT2D eigenvalue weighted by Gasteiger charge is -2.11. The average molecular weight is 272 g/mol. The molecule has 1 aromatic carbocycles. The van der Waals surface area contributed by atoms with Gasteiger partial charge in [0, 0.05) is 6.54 Å². The van der Waals surface area contributed by atoms with Crippen molar-refractivity contribution in [2.24, 2.45) is 5.73 Å². The summed E-state index contributed by atoms with van der Waals surface area (Å²) in [6.07, 6.45) is 1.47. The molecule has 1 atom stereocenters. The summed E-state index contributed by atoms with van der Waals surface area (Å²) in [7, 11) is 0. The van der Waals surface area contributed by atoms with Crippen LogP contribution in [0.3, 0.4) is 0 Å². The summed E-state index contributed by atoms with van der Waals surface area (Å²) >= 11 is 0. The van der Waals surface area contributed by atoms with Crippen molar-refractivity contribution in [2.75, 3.05) is 0 Å². The summed E-state index contributed by atoms with van der Waals surface area (Å²) < 4.78 is 28.1. The van der Waals surface area contributed by atoms with Crippen LogP contribution >= 0.6 is 0 Å². The Morgan fingerprint density at radius 1 is 1.37 bits per heavy atom. The fourth-order valence-corrected chi connectivity index (χ4v) is 1.55. The Balaban J connectivity index is 2.43. The number of halogens is 2. The maximum atomic E-state index is 11.9.